The van der Waals surface area contributed by atoms with Gasteiger partial charge in [0.2, 0.25) is 0 Å². The lowest BCUT2D eigenvalue weighted by molar-refractivity contribution is -0.147. The second-order valence-electron chi connectivity index (χ2n) is 5.39. The first-order valence-electron chi connectivity index (χ1n) is 7.30. The lowest BCUT2D eigenvalue weighted by atomic mass is 9.95. The third kappa shape index (κ3) is 3.98. The van der Waals surface area contributed by atoms with Gasteiger partial charge in [-0.2, -0.15) is 4.91 Å². The molecule has 1 fully saturated rings. The van der Waals surface area contributed by atoms with Crippen molar-refractivity contribution >= 4 is 23.5 Å². The highest BCUT2D eigenvalue weighted by atomic mass is 35.5. The number of aliphatic carboxylic acids is 1. The van der Waals surface area contributed by atoms with Gasteiger partial charge >= 0.3 is 11.9 Å². The number of carboxylic acid groups (broad SMARTS) is 1. The number of halogens is 1. The van der Waals surface area contributed by atoms with Crippen LogP contribution >= 0.6 is 11.6 Å². The summed E-state index contributed by atoms with van der Waals surface area (Å²) in [6.45, 7) is 0.506. The lowest BCUT2D eigenvalue weighted by Crippen LogP contribution is -2.43. The van der Waals surface area contributed by atoms with E-state index >= 15 is 0 Å². The molecule has 1 N–H and O–H groups in total. The number of esters is 1. The van der Waals surface area contributed by atoms with Gasteiger partial charge in [0.1, 0.15) is 12.1 Å². The zero-order valence-corrected chi connectivity index (χ0v) is 13.8. The number of piperidine rings is 1. The maximum atomic E-state index is 12.3. The van der Waals surface area contributed by atoms with Crippen molar-refractivity contribution in [3.63, 3.8) is 0 Å². The minimum atomic E-state index is -1.16. The fourth-order valence-electron chi connectivity index (χ4n) is 2.81. The molecule has 8 heteroatoms. The minimum absolute atomic E-state index is 0.119. The highest BCUT2D eigenvalue weighted by Gasteiger charge is 2.35. The number of ether oxygens (including phenoxy) is 1. The molecule has 1 saturated heterocycles. The summed E-state index contributed by atoms with van der Waals surface area (Å²) in [5, 5.41) is 12.4. The fraction of sp³-hybridized carbons (Fsp3) is 0.375. The molecule has 0 saturated carbocycles. The largest absolute Gasteiger partial charge is 0.478 e. The van der Waals surface area contributed by atoms with E-state index in [4.69, 9.17) is 21.4 Å². The molecule has 2 atom stereocenters. The van der Waals surface area contributed by atoms with Gasteiger partial charge in [0, 0.05) is 24.2 Å². The summed E-state index contributed by atoms with van der Waals surface area (Å²) in [5.74, 6) is -1.66. The Balaban J connectivity index is 2.37. The molecule has 0 amide bonds. The molecule has 2 rings (SSSR count). The number of nitroso groups, excluding NO2 is 1. The molecule has 0 radical (unpaired) electrons. The van der Waals surface area contributed by atoms with Crippen LogP contribution in [-0.4, -0.2) is 48.2 Å². The summed E-state index contributed by atoms with van der Waals surface area (Å²) in [6.07, 6.45) is 1.29. The number of nitrogens with zero attached hydrogens (tertiary/aromatic N) is 2. The van der Waals surface area contributed by atoms with Gasteiger partial charge in [-0.25, -0.2) is 9.59 Å². The third-order valence-electron chi connectivity index (χ3n) is 3.93. The number of carbonyl (C=O) groups excluding carboxylic acids is 1. The first kappa shape index (κ1) is 18.1. The Morgan fingerprint density at radius 1 is 1.46 bits per heavy atom. The first-order chi connectivity index (χ1) is 11.5. The minimum Gasteiger partial charge on any atom is -0.478 e. The SMILES string of the molecule is COC(=O)C(c1ccccc1Cl)N1CCC(N=O)/C(=C\C(=O)O)C1. The summed E-state index contributed by atoms with van der Waals surface area (Å²) in [6, 6.07) is 5.40. The molecule has 7 nitrogen and oxygen atoms in total. The molecule has 1 aromatic carbocycles. The van der Waals surface area contributed by atoms with Crippen molar-refractivity contribution in [2.75, 3.05) is 20.2 Å². The third-order valence-corrected chi connectivity index (χ3v) is 4.27. The van der Waals surface area contributed by atoms with Crippen LogP contribution in [0.4, 0.5) is 0 Å². The van der Waals surface area contributed by atoms with Crippen LogP contribution in [0.25, 0.3) is 0 Å². The summed E-state index contributed by atoms with van der Waals surface area (Å²) in [7, 11) is 1.28. The summed E-state index contributed by atoms with van der Waals surface area (Å²) >= 11 is 6.20. The van der Waals surface area contributed by atoms with E-state index in [-0.39, 0.29) is 6.54 Å². The molecule has 1 heterocycles. The van der Waals surface area contributed by atoms with Crippen LogP contribution in [0.3, 0.4) is 0 Å². The second-order valence-corrected chi connectivity index (χ2v) is 5.79. The van der Waals surface area contributed by atoms with E-state index in [1.807, 2.05) is 0 Å². The Kier molecular flexibility index (Phi) is 6.05. The number of benzene rings is 1. The highest BCUT2D eigenvalue weighted by Crippen LogP contribution is 2.32. The van der Waals surface area contributed by atoms with Gasteiger partial charge in [0.15, 0.2) is 0 Å². The molecule has 0 aromatic heterocycles. The van der Waals surface area contributed by atoms with Crippen LogP contribution in [0.2, 0.25) is 5.02 Å². The van der Waals surface area contributed by atoms with E-state index in [0.717, 1.165) is 6.08 Å². The van der Waals surface area contributed by atoms with Crippen molar-refractivity contribution in [2.24, 2.45) is 5.18 Å². The van der Waals surface area contributed by atoms with E-state index in [9.17, 15) is 14.5 Å². The maximum Gasteiger partial charge on any atom is 0.328 e. The topological polar surface area (TPSA) is 96.3 Å². The number of rotatable bonds is 5. The summed E-state index contributed by atoms with van der Waals surface area (Å²) in [5.41, 5.74) is 0.919. The Hall–Kier alpha value is -2.25. The van der Waals surface area contributed by atoms with Crippen LogP contribution in [0.1, 0.15) is 18.0 Å². The van der Waals surface area contributed by atoms with Gasteiger partial charge in [-0.1, -0.05) is 35.0 Å². The molecular formula is C16H17ClN2O5. The van der Waals surface area contributed by atoms with Crippen molar-refractivity contribution in [1.82, 2.24) is 4.90 Å². The first-order valence-corrected chi connectivity index (χ1v) is 7.68. The molecule has 128 valence electrons. The zero-order chi connectivity index (χ0) is 17.7. The van der Waals surface area contributed by atoms with Crippen LogP contribution < -0.4 is 0 Å². The number of carboxylic acids is 1. The average molecular weight is 353 g/mol. The molecule has 1 aliphatic heterocycles. The molecular weight excluding hydrogens is 336 g/mol. The molecule has 0 aliphatic carbocycles. The average Bonchev–Trinajstić information content (AvgIpc) is 2.56. The highest BCUT2D eigenvalue weighted by molar-refractivity contribution is 6.31. The molecule has 1 aromatic rings. The van der Waals surface area contributed by atoms with E-state index in [2.05, 4.69) is 5.18 Å². The standard InChI is InChI=1S/C16H17ClN2O5/c1-24-16(22)15(11-4-2-3-5-12(11)17)19-7-6-13(18-23)10(9-19)8-14(20)21/h2-5,8,13,15H,6-7,9H2,1H3,(H,20,21)/b10-8-. The van der Waals surface area contributed by atoms with Gasteiger partial charge < -0.3 is 9.84 Å². The Bertz CT molecular complexity index is 676. The predicted molar refractivity (Wildman–Crippen MR) is 87.7 cm³/mol. The number of hydrogen-bond donors (Lipinski definition) is 1. The van der Waals surface area contributed by atoms with E-state index in [0.29, 0.717) is 29.1 Å². The number of likely N-dealkylation sites (tertiary alicyclic amines) is 1. The van der Waals surface area contributed by atoms with Crippen molar-refractivity contribution in [1.29, 1.82) is 0 Å². The number of carbonyl (C=O) groups is 2. The number of methoxy groups -OCH3 is 1. The summed E-state index contributed by atoms with van der Waals surface area (Å²) < 4.78 is 4.88. The smallest absolute Gasteiger partial charge is 0.328 e. The Labute approximate surface area is 143 Å². The maximum absolute atomic E-state index is 12.3. The van der Waals surface area contributed by atoms with Gasteiger partial charge in [0.05, 0.1) is 7.11 Å². The lowest BCUT2D eigenvalue weighted by Gasteiger charge is -2.36. The number of hydrogen-bond acceptors (Lipinski definition) is 6. The van der Waals surface area contributed by atoms with Crippen molar-refractivity contribution in [2.45, 2.75) is 18.5 Å². The van der Waals surface area contributed by atoms with Crippen LogP contribution in [0.15, 0.2) is 41.1 Å². The molecule has 1 aliphatic rings. The normalized spacial score (nSPS) is 21.2. The Morgan fingerprint density at radius 2 is 2.17 bits per heavy atom. The molecule has 0 spiro atoms. The fourth-order valence-corrected chi connectivity index (χ4v) is 3.05. The predicted octanol–water partition coefficient (Wildman–Crippen LogP) is 2.41. The Morgan fingerprint density at radius 3 is 2.75 bits per heavy atom. The zero-order valence-electron chi connectivity index (χ0n) is 13.0. The van der Waals surface area contributed by atoms with Crippen LogP contribution in [0.5, 0.6) is 0 Å². The van der Waals surface area contributed by atoms with E-state index in [1.54, 1.807) is 29.2 Å². The van der Waals surface area contributed by atoms with Gasteiger partial charge in [-0.15, -0.1) is 0 Å². The molecule has 2 unspecified atom stereocenters. The second kappa shape index (κ2) is 8.03. The van der Waals surface area contributed by atoms with E-state index < -0.39 is 24.0 Å². The summed E-state index contributed by atoms with van der Waals surface area (Å²) in [4.78, 5) is 35.9. The van der Waals surface area contributed by atoms with Crippen LogP contribution in [0, 0.1) is 4.91 Å². The van der Waals surface area contributed by atoms with Crippen molar-refractivity contribution in [3.8, 4) is 0 Å². The van der Waals surface area contributed by atoms with Crippen LogP contribution in [-0.2, 0) is 14.3 Å². The van der Waals surface area contributed by atoms with Gasteiger partial charge in [-0.3, -0.25) is 4.90 Å². The van der Waals surface area contributed by atoms with Crippen molar-refractivity contribution in [3.05, 3.63) is 51.4 Å². The van der Waals surface area contributed by atoms with Crippen molar-refractivity contribution < 1.29 is 19.4 Å². The molecule has 24 heavy (non-hydrogen) atoms. The van der Waals surface area contributed by atoms with Gasteiger partial charge in [0.25, 0.3) is 0 Å². The quantitative estimate of drug-likeness (QED) is 0.496. The monoisotopic (exact) mass is 352 g/mol. The molecule has 0 bridgehead atoms. The van der Waals surface area contributed by atoms with E-state index in [1.165, 1.54) is 7.11 Å². The van der Waals surface area contributed by atoms with Gasteiger partial charge in [-0.05, 0) is 23.6 Å².